The number of esters is 1. The Labute approximate surface area is 142 Å². The van der Waals surface area contributed by atoms with Crippen molar-refractivity contribution in [3.05, 3.63) is 33.9 Å². The van der Waals surface area contributed by atoms with Crippen LogP contribution in [0.3, 0.4) is 0 Å². The summed E-state index contributed by atoms with van der Waals surface area (Å²) in [4.78, 5) is 26.9. The van der Waals surface area contributed by atoms with E-state index in [9.17, 15) is 14.9 Å². The zero-order chi connectivity index (χ0) is 17.7. The molecule has 0 amide bonds. The highest BCUT2D eigenvalue weighted by molar-refractivity contribution is 5.95. The molecule has 0 bridgehead atoms. The van der Waals surface area contributed by atoms with Gasteiger partial charge in [0.05, 0.1) is 12.0 Å². The Morgan fingerprint density at radius 1 is 1.29 bits per heavy atom. The quantitative estimate of drug-likeness (QED) is 0.452. The van der Waals surface area contributed by atoms with Crippen LogP contribution in [0.1, 0.15) is 30.6 Å². The zero-order valence-electron chi connectivity index (χ0n) is 14.5. The van der Waals surface area contributed by atoms with Crippen molar-refractivity contribution in [1.82, 2.24) is 4.90 Å². The molecule has 0 atom stereocenters. The van der Waals surface area contributed by atoms with Crippen LogP contribution in [0.4, 0.5) is 11.4 Å². The average molecular weight is 335 g/mol. The van der Waals surface area contributed by atoms with Crippen LogP contribution in [0, 0.1) is 16.0 Å². The Hall–Kier alpha value is -2.15. The first kappa shape index (κ1) is 18.2. The Bertz CT molecular complexity index is 595. The first-order valence-corrected chi connectivity index (χ1v) is 8.26. The number of nitro groups is 1. The van der Waals surface area contributed by atoms with Gasteiger partial charge in [-0.3, -0.25) is 15.0 Å². The van der Waals surface area contributed by atoms with E-state index in [1.807, 2.05) is 0 Å². The fraction of sp³-hybridized carbons (Fsp3) is 0.588. The van der Waals surface area contributed by atoms with Gasteiger partial charge in [-0.25, -0.2) is 4.79 Å². The molecule has 24 heavy (non-hydrogen) atoms. The zero-order valence-corrected chi connectivity index (χ0v) is 14.5. The number of carbonyl (C=O) groups is 1. The van der Waals surface area contributed by atoms with Crippen LogP contribution in [0.15, 0.2) is 18.2 Å². The Balaban J connectivity index is 2.08. The lowest BCUT2D eigenvalue weighted by molar-refractivity contribution is -0.385. The number of anilines is 1. The van der Waals surface area contributed by atoms with Crippen molar-refractivity contribution in [2.45, 2.75) is 20.3 Å². The van der Waals surface area contributed by atoms with Crippen LogP contribution < -0.4 is 4.90 Å². The molecule has 0 radical (unpaired) electrons. The minimum absolute atomic E-state index is 0.00207. The topological polar surface area (TPSA) is 75.9 Å². The second-order valence-electron chi connectivity index (χ2n) is 6.46. The number of ether oxygens (including phenoxy) is 1. The standard InChI is InChI=1S/C17H25N3O4/c1-13(2)6-7-18-8-10-19(11-9-18)14-4-5-16(20(22)23)15(12-14)17(21)24-3/h4-5,12-13H,6-11H2,1-3H3. The largest absolute Gasteiger partial charge is 0.465 e. The highest BCUT2D eigenvalue weighted by Crippen LogP contribution is 2.26. The Morgan fingerprint density at radius 3 is 2.50 bits per heavy atom. The van der Waals surface area contributed by atoms with Gasteiger partial charge in [-0.05, 0) is 31.0 Å². The number of nitro benzene ring substituents is 1. The summed E-state index contributed by atoms with van der Waals surface area (Å²) < 4.78 is 4.67. The summed E-state index contributed by atoms with van der Waals surface area (Å²) in [5, 5.41) is 11.1. The van der Waals surface area contributed by atoms with E-state index in [0.29, 0.717) is 5.92 Å². The maximum atomic E-state index is 11.8. The van der Waals surface area contributed by atoms with E-state index in [1.54, 1.807) is 12.1 Å². The van der Waals surface area contributed by atoms with E-state index in [-0.39, 0.29) is 11.3 Å². The van der Waals surface area contributed by atoms with E-state index in [1.165, 1.54) is 19.6 Å². The highest BCUT2D eigenvalue weighted by atomic mass is 16.6. The molecule has 0 spiro atoms. The predicted octanol–water partition coefficient (Wildman–Crippen LogP) is 2.55. The third kappa shape index (κ3) is 4.44. The lowest BCUT2D eigenvalue weighted by Crippen LogP contribution is -2.46. The molecule has 2 rings (SSSR count). The summed E-state index contributed by atoms with van der Waals surface area (Å²) >= 11 is 0. The third-order valence-corrected chi connectivity index (χ3v) is 4.34. The summed E-state index contributed by atoms with van der Waals surface area (Å²) in [5.41, 5.74) is 0.605. The third-order valence-electron chi connectivity index (χ3n) is 4.34. The van der Waals surface area contributed by atoms with Crippen molar-refractivity contribution in [2.24, 2.45) is 5.92 Å². The number of carbonyl (C=O) groups excluding carboxylic acids is 1. The molecule has 132 valence electrons. The van der Waals surface area contributed by atoms with E-state index in [2.05, 4.69) is 28.4 Å². The number of nitrogens with zero attached hydrogens (tertiary/aromatic N) is 3. The summed E-state index contributed by atoms with van der Waals surface area (Å²) in [6, 6.07) is 4.65. The number of hydrogen-bond donors (Lipinski definition) is 0. The molecule has 1 aromatic rings. The highest BCUT2D eigenvalue weighted by Gasteiger charge is 2.24. The first-order chi connectivity index (χ1) is 11.4. The molecule has 1 heterocycles. The van der Waals surface area contributed by atoms with Gasteiger partial charge >= 0.3 is 5.97 Å². The SMILES string of the molecule is COC(=O)c1cc(N2CCN(CCC(C)C)CC2)ccc1[N+](=O)[O-]. The molecule has 1 aliphatic rings. The second-order valence-corrected chi connectivity index (χ2v) is 6.46. The van der Waals surface area contributed by atoms with Gasteiger partial charge in [0, 0.05) is 37.9 Å². The van der Waals surface area contributed by atoms with Gasteiger partial charge in [-0.1, -0.05) is 13.8 Å². The fourth-order valence-electron chi connectivity index (χ4n) is 2.82. The molecular weight excluding hydrogens is 310 g/mol. The number of rotatable bonds is 6. The van der Waals surface area contributed by atoms with Crippen molar-refractivity contribution in [3.63, 3.8) is 0 Å². The molecule has 7 nitrogen and oxygen atoms in total. The maximum Gasteiger partial charge on any atom is 0.344 e. The minimum Gasteiger partial charge on any atom is -0.465 e. The van der Waals surface area contributed by atoms with Crippen LogP contribution in [-0.2, 0) is 4.74 Å². The van der Waals surface area contributed by atoms with E-state index in [4.69, 9.17) is 0 Å². The van der Waals surface area contributed by atoms with Crippen molar-refractivity contribution in [1.29, 1.82) is 0 Å². The van der Waals surface area contributed by atoms with Gasteiger partial charge in [-0.2, -0.15) is 0 Å². The van der Waals surface area contributed by atoms with Gasteiger partial charge in [0.2, 0.25) is 0 Å². The number of benzene rings is 1. The molecule has 0 aliphatic carbocycles. The van der Waals surface area contributed by atoms with Crippen LogP contribution in [0.25, 0.3) is 0 Å². The maximum absolute atomic E-state index is 11.8. The lowest BCUT2D eigenvalue weighted by atomic mass is 10.1. The van der Waals surface area contributed by atoms with Gasteiger partial charge in [-0.15, -0.1) is 0 Å². The normalized spacial score (nSPS) is 15.6. The van der Waals surface area contributed by atoms with Crippen LogP contribution in [0.5, 0.6) is 0 Å². The van der Waals surface area contributed by atoms with Crippen LogP contribution in [0.2, 0.25) is 0 Å². The molecule has 0 N–H and O–H groups in total. The van der Waals surface area contributed by atoms with Gasteiger partial charge in [0.25, 0.3) is 5.69 Å². The van der Waals surface area contributed by atoms with Gasteiger partial charge in [0.1, 0.15) is 5.56 Å². The van der Waals surface area contributed by atoms with Crippen molar-refractivity contribution in [2.75, 3.05) is 44.7 Å². The predicted molar refractivity (Wildman–Crippen MR) is 92.5 cm³/mol. The van der Waals surface area contributed by atoms with Crippen molar-refractivity contribution in [3.8, 4) is 0 Å². The molecule has 1 saturated heterocycles. The monoisotopic (exact) mass is 335 g/mol. The summed E-state index contributed by atoms with van der Waals surface area (Å²) in [6.45, 7) is 9.14. The Morgan fingerprint density at radius 2 is 1.96 bits per heavy atom. The van der Waals surface area contributed by atoms with Crippen molar-refractivity contribution >= 4 is 17.3 Å². The van der Waals surface area contributed by atoms with Crippen LogP contribution >= 0.6 is 0 Å². The molecule has 0 unspecified atom stereocenters. The molecule has 0 aromatic heterocycles. The van der Waals surface area contributed by atoms with Crippen LogP contribution in [-0.4, -0.2) is 55.6 Å². The number of methoxy groups -OCH3 is 1. The van der Waals surface area contributed by atoms with Gasteiger partial charge in [0.15, 0.2) is 0 Å². The second kappa shape index (κ2) is 8.10. The summed E-state index contributed by atoms with van der Waals surface area (Å²) in [5.74, 6) is 0.0134. The Kier molecular flexibility index (Phi) is 6.14. The molecule has 1 fully saturated rings. The number of piperazine rings is 1. The minimum atomic E-state index is -0.681. The van der Waals surface area contributed by atoms with E-state index in [0.717, 1.165) is 38.4 Å². The van der Waals surface area contributed by atoms with E-state index >= 15 is 0 Å². The number of hydrogen-bond acceptors (Lipinski definition) is 6. The molecular formula is C17H25N3O4. The fourth-order valence-corrected chi connectivity index (χ4v) is 2.82. The molecule has 1 aliphatic heterocycles. The summed E-state index contributed by atoms with van der Waals surface area (Å²) in [7, 11) is 1.23. The molecule has 7 heteroatoms. The molecule has 1 aromatic carbocycles. The van der Waals surface area contributed by atoms with E-state index < -0.39 is 10.9 Å². The van der Waals surface area contributed by atoms with Gasteiger partial charge < -0.3 is 9.64 Å². The lowest BCUT2D eigenvalue weighted by Gasteiger charge is -2.36. The summed E-state index contributed by atoms with van der Waals surface area (Å²) in [6.07, 6.45) is 1.18. The average Bonchev–Trinajstić information content (AvgIpc) is 2.59. The first-order valence-electron chi connectivity index (χ1n) is 8.26. The van der Waals surface area contributed by atoms with Crippen molar-refractivity contribution < 1.29 is 14.5 Å². The molecule has 0 saturated carbocycles. The smallest absolute Gasteiger partial charge is 0.344 e.